The van der Waals surface area contributed by atoms with Crippen molar-refractivity contribution in [2.24, 2.45) is 0 Å². The number of alkyl halides is 3. The van der Waals surface area contributed by atoms with Crippen LogP contribution in [0.3, 0.4) is 0 Å². The topological polar surface area (TPSA) is 84.1 Å². The molecule has 0 radical (unpaired) electrons. The molecule has 1 aromatic carbocycles. The Bertz CT molecular complexity index is 1120. The zero-order valence-corrected chi connectivity index (χ0v) is 15.5. The van der Waals surface area contributed by atoms with E-state index in [2.05, 4.69) is 15.3 Å². The summed E-state index contributed by atoms with van der Waals surface area (Å²) in [6.45, 7) is 0.228. The van der Waals surface area contributed by atoms with Crippen LogP contribution in [0.4, 0.5) is 13.2 Å². The fourth-order valence-corrected chi connectivity index (χ4v) is 3.50. The minimum absolute atomic E-state index is 0.199. The van der Waals surface area contributed by atoms with Crippen LogP contribution in [0.15, 0.2) is 65.7 Å². The molecule has 3 aromatic rings. The van der Waals surface area contributed by atoms with Crippen molar-refractivity contribution in [2.75, 3.05) is 6.61 Å². The van der Waals surface area contributed by atoms with Crippen LogP contribution in [-0.4, -0.2) is 22.5 Å². The van der Waals surface area contributed by atoms with E-state index in [9.17, 15) is 22.8 Å². The number of fused-ring (bicyclic) bond motifs is 1. The van der Waals surface area contributed by atoms with Crippen LogP contribution in [-0.2, 0) is 11.7 Å². The average molecular weight is 415 g/mol. The molecule has 2 aromatic heterocycles. The van der Waals surface area contributed by atoms with Gasteiger partial charge in [-0.1, -0.05) is 12.1 Å². The van der Waals surface area contributed by atoms with Crippen molar-refractivity contribution in [3.8, 4) is 5.75 Å². The minimum atomic E-state index is -4.48. The lowest BCUT2D eigenvalue weighted by Gasteiger charge is -2.39. The summed E-state index contributed by atoms with van der Waals surface area (Å²) >= 11 is 0. The highest BCUT2D eigenvalue weighted by atomic mass is 19.4. The van der Waals surface area contributed by atoms with Gasteiger partial charge in [-0.25, -0.2) is 0 Å². The van der Waals surface area contributed by atoms with Gasteiger partial charge in [0.05, 0.1) is 17.7 Å². The molecule has 3 heterocycles. The van der Waals surface area contributed by atoms with Crippen molar-refractivity contribution in [3.05, 3.63) is 93.7 Å². The normalized spacial score (nSPS) is 18.2. The maximum Gasteiger partial charge on any atom is 0.416 e. The van der Waals surface area contributed by atoms with Crippen molar-refractivity contribution < 1.29 is 22.7 Å². The number of nitrogens with zero attached hydrogens (tertiary/aromatic N) is 1. The Kier molecular flexibility index (Phi) is 4.81. The number of nitrogens with one attached hydrogen (secondary N) is 2. The number of amides is 1. The van der Waals surface area contributed by atoms with Crippen molar-refractivity contribution in [2.45, 2.75) is 18.1 Å². The van der Waals surface area contributed by atoms with Gasteiger partial charge < -0.3 is 15.0 Å². The third kappa shape index (κ3) is 3.54. The Morgan fingerprint density at radius 1 is 1.13 bits per heavy atom. The maximum atomic E-state index is 13.0. The van der Waals surface area contributed by atoms with Crippen LogP contribution in [0.1, 0.15) is 33.6 Å². The van der Waals surface area contributed by atoms with Crippen LogP contribution in [0, 0.1) is 0 Å². The lowest BCUT2D eigenvalue weighted by atomic mass is 9.81. The molecular weight excluding hydrogens is 399 g/mol. The number of carbonyl (C=O) groups is 1. The van der Waals surface area contributed by atoms with E-state index in [0.29, 0.717) is 17.0 Å². The largest absolute Gasteiger partial charge is 0.491 e. The number of halogens is 3. The second-order valence-electron chi connectivity index (χ2n) is 6.82. The molecule has 0 saturated heterocycles. The number of benzene rings is 1. The number of hydrogen-bond acceptors (Lipinski definition) is 4. The van der Waals surface area contributed by atoms with Gasteiger partial charge >= 0.3 is 6.18 Å². The van der Waals surface area contributed by atoms with Crippen molar-refractivity contribution in [1.29, 1.82) is 0 Å². The quantitative estimate of drug-likeness (QED) is 0.688. The van der Waals surface area contributed by atoms with Gasteiger partial charge in [0, 0.05) is 24.9 Å². The van der Waals surface area contributed by atoms with Crippen molar-refractivity contribution in [3.63, 3.8) is 0 Å². The number of carbonyl (C=O) groups excluding carboxylic acids is 1. The summed E-state index contributed by atoms with van der Waals surface area (Å²) < 4.78 is 44.7. The first-order valence-electron chi connectivity index (χ1n) is 9.07. The molecule has 0 aliphatic carbocycles. The van der Waals surface area contributed by atoms with E-state index in [4.69, 9.17) is 4.74 Å². The molecular formula is C21H16F3N3O3. The van der Waals surface area contributed by atoms with Gasteiger partial charge in [0.25, 0.3) is 5.91 Å². The summed E-state index contributed by atoms with van der Waals surface area (Å²) in [6.07, 6.45) is -1.41. The summed E-state index contributed by atoms with van der Waals surface area (Å²) in [5.41, 5.74) is -1.31. The zero-order valence-electron chi connectivity index (χ0n) is 15.5. The number of hydrogen-bond donors (Lipinski definition) is 2. The highest BCUT2D eigenvalue weighted by Gasteiger charge is 2.43. The van der Waals surface area contributed by atoms with Crippen LogP contribution in [0.5, 0.6) is 5.75 Å². The van der Waals surface area contributed by atoms with Gasteiger partial charge in [0.2, 0.25) is 5.56 Å². The average Bonchev–Trinajstić information content (AvgIpc) is 2.74. The van der Waals surface area contributed by atoms with Gasteiger partial charge in [-0.15, -0.1) is 0 Å². The van der Waals surface area contributed by atoms with Crippen LogP contribution in [0.2, 0.25) is 0 Å². The first-order valence-corrected chi connectivity index (χ1v) is 9.07. The smallest absolute Gasteiger partial charge is 0.416 e. The lowest BCUT2D eigenvalue weighted by Crippen LogP contribution is -2.50. The summed E-state index contributed by atoms with van der Waals surface area (Å²) in [4.78, 5) is 31.0. The minimum Gasteiger partial charge on any atom is -0.491 e. The summed E-state index contributed by atoms with van der Waals surface area (Å²) in [5, 5.41) is 2.91. The van der Waals surface area contributed by atoms with Gasteiger partial charge in [-0.05, 0) is 35.9 Å². The third-order valence-electron chi connectivity index (χ3n) is 4.99. The molecule has 1 amide bonds. The molecule has 30 heavy (non-hydrogen) atoms. The number of aromatic nitrogens is 2. The predicted molar refractivity (Wildman–Crippen MR) is 101 cm³/mol. The van der Waals surface area contributed by atoms with Crippen LogP contribution in [0.25, 0.3) is 0 Å². The lowest BCUT2D eigenvalue weighted by molar-refractivity contribution is -0.137. The van der Waals surface area contributed by atoms with E-state index in [1.165, 1.54) is 36.7 Å². The van der Waals surface area contributed by atoms with Crippen LogP contribution < -0.4 is 15.6 Å². The molecule has 2 N–H and O–H groups in total. The number of H-pyrrole nitrogens is 1. The molecule has 4 rings (SSSR count). The van der Waals surface area contributed by atoms with E-state index < -0.39 is 23.2 Å². The summed E-state index contributed by atoms with van der Waals surface area (Å²) in [7, 11) is 0. The standard InChI is InChI=1S/C21H16F3N3O3/c22-21(23,24)15-6-4-14(5-7-15)20(9-11-30-16-2-1-10-25-18(16)20)27-19(29)13-3-8-17(28)26-12-13/h1-8,10,12H,9,11H2,(H,26,28)(H,27,29)/t20-/m0/s1. The Morgan fingerprint density at radius 2 is 1.90 bits per heavy atom. The molecule has 1 aliphatic heterocycles. The molecule has 1 atom stereocenters. The van der Waals surface area contributed by atoms with Crippen LogP contribution >= 0.6 is 0 Å². The van der Waals surface area contributed by atoms with Crippen molar-refractivity contribution in [1.82, 2.24) is 15.3 Å². The van der Waals surface area contributed by atoms with Crippen molar-refractivity contribution >= 4 is 5.91 Å². The molecule has 0 unspecified atom stereocenters. The Balaban J connectivity index is 1.81. The molecule has 0 fully saturated rings. The van der Waals surface area contributed by atoms with Gasteiger partial charge in [-0.2, -0.15) is 13.2 Å². The molecule has 6 nitrogen and oxygen atoms in total. The first-order chi connectivity index (χ1) is 14.3. The fraction of sp³-hybridized carbons (Fsp3) is 0.190. The summed E-state index contributed by atoms with van der Waals surface area (Å²) in [6, 6.07) is 10.6. The van der Waals surface area contributed by atoms with Gasteiger partial charge in [-0.3, -0.25) is 14.6 Å². The van der Waals surface area contributed by atoms with Gasteiger partial charge in [0.1, 0.15) is 17.0 Å². The number of rotatable bonds is 3. The third-order valence-corrected chi connectivity index (χ3v) is 4.99. The first kappa shape index (κ1) is 19.7. The van der Waals surface area contributed by atoms with Gasteiger partial charge in [0.15, 0.2) is 0 Å². The number of aromatic amines is 1. The molecule has 1 aliphatic rings. The Hall–Kier alpha value is -3.62. The Morgan fingerprint density at radius 3 is 2.57 bits per heavy atom. The Labute approximate surface area is 168 Å². The number of ether oxygens (including phenoxy) is 1. The van der Waals surface area contributed by atoms with E-state index in [1.807, 2.05) is 0 Å². The van der Waals surface area contributed by atoms with E-state index in [0.717, 1.165) is 12.1 Å². The zero-order chi connectivity index (χ0) is 21.4. The molecule has 0 bridgehead atoms. The SMILES string of the molecule is O=C(N[C@]1(c2ccc(C(F)(F)F)cc2)CCOc2cccnc21)c1ccc(=O)[nH]c1. The van der Waals surface area contributed by atoms with E-state index in [1.54, 1.807) is 12.1 Å². The second-order valence-corrected chi connectivity index (χ2v) is 6.82. The molecule has 154 valence electrons. The maximum absolute atomic E-state index is 13.0. The monoisotopic (exact) mass is 415 g/mol. The second kappa shape index (κ2) is 7.33. The highest BCUT2D eigenvalue weighted by Crippen LogP contribution is 2.41. The fourth-order valence-electron chi connectivity index (χ4n) is 3.50. The van der Waals surface area contributed by atoms with E-state index >= 15 is 0 Å². The highest BCUT2D eigenvalue weighted by molar-refractivity contribution is 5.94. The molecule has 0 saturated carbocycles. The molecule has 0 spiro atoms. The van der Waals surface area contributed by atoms with E-state index in [-0.39, 0.29) is 24.2 Å². The number of pyridine rings is 2. The molecule has 9 heteroatoms. The summed E-state index contributed by atoms with van der Waals surface area (Å²) in [5.74, 6) is -0.0740. The predicted octanol–water partition coefficient (Wildman–Crippen LogP) is 3.24.